The Morgan fingerprint density at radius 3 is 2.63 bits per heavy atom. The summed E-state index contributed by atoms with van der Waals surface area (Å²) in [6.07, 6.45) is 4.93. The summed E-state index contributed by atoms with van der Waals surface area (Å²) in [5.41, 5.74) is 4.09. The van der Waals surface area contributed by atoms with Crippen LogP contribution in [-0.4, -0.2) is 26.6 Å². The molecule has 142 valence electrons. The Balaban J connectivity index is 1.93. The summed E-state index contributed by atoms with van der Waals surface area (Å²) in [5.74, 6) is -0.00554. The van der Waals surface area contributed by atoms with E-state index in [0.717, 1.165) is 29.5 Å². The highest BCUT2D eigenvalue weighted by Gasteiger charge is 2.32. The average molecular weight is 387 g/mol. The number of amides is 1. The summed E-state index contributed by atoms with van der Waals surface area (Å²) in [5, 5.41) is 7.96. The van der Waals surface area contributed by atoms with Crippen LogP contribution in [0.25, 0.3) is 6.08 Å². The van der Waals surface area contributed by atoms with Gasteiger partial charge in [-0.25, -0.2) is 13.9 Å². The molecule has 0 saturated heterocycles. The predicted octanol–water partition coefficient (Wildman–Crippen LogP) is 3.07. The molecule has 0 bridgehead atoms. The second kappa shape index (κ2) is 7.94. The van der Waals surface area contributed by atoms with Crippen LogP contribution in [0.5, 0.6) is 5.75 Å². The molecule has 1 aliphatic rings. The van der Waals surface area contributed by atoms with Gasteiger partial charge in [-0.3, -0.25) is 10.0 Å². The molecule has 0 heterocycles. The second-order valence-electron chi connectivity index (χ2n) is 6.37. The van der Waals surface area contributed by atoms with Crippen molar-refractivity contribution in [1.29, 1.82) is 0 Å². The first-order valence-corrected chi connectivity index (χ1v) is 10.1. The monoisotopic (exact) mass is 387 g/mol. The minimum Gasteiger partial charge on any atom is -0.497 e. The normalized spacial score (nSPS) is 16.7. The molecular weight excluding hydrogens is 366 g/mol. The van der Waals surface area contributed by atoms with Gasteiger partial charge in [0.2, 0.25) is 0 Å². The molecule has 7 heteroatoms. The van der Waals surface area contributed by atoms with Crippen LogP contribution in [0.4, 0.5) is 0 Å². The molecule has 6 nitrogen and oxygen atoms in total. The third kappa shape index (κ3) is 4.04. The van der Waals surface area contributed by atoms with Gasteiger partial charge in [0, 0.05) is 6.08 Å². The number of sulfone groups is 1. The highest BCUT2D eigenvalue weighted by atomic mass is 32.2. The van der Waals surface area contributed by atoms with E-state index < -0.39 is 21.0 Å². The number of hydrogen-bond acceptors (Lipinski definition) is 5. The quantitative estimate of drug-likeness (QED) is 0.467. The summed E-state index contributed by atoms with van der Waals surface area (Å²) in [6.45, 7) is 0. The van der Waals surface area contributed by atoms with Crippen molar-refractivity contribution in [2.75, 3.05) is 7.11 Å². The fourth-order valence-corrected chi connectivity index (χ4v) is 5.24. The summed E-state index contributed by atoms with van der Waals surface area (Å²) in [7, 11) is -1.97. The summed E-state index contributed by atoms with van der Waals surface area (Å²) >= 11 is 0. The van der Waals surface area contributed by atoms with Gasteiger partial charge in [-0.15, -0.1) is 0 Å². The average Bonchev–Trinajstić information content (AvgIpc) is 2.71. The molecule has 1 aliphatic carbocycles. The number of benzene rings is 2. The molecule has 0 fully saturated rings. The highest BCUT2D eigenvalue weighted by Crippen LogP contribution is 2.39. The first-order valence-electron chi connectivity index (χ1n) is 8.58. The number of hydroxylamine groups is 1. The Labute approximate surface area is 158 Å². The molecule has 1 amide bonds. The van der Waals surface area contributed by atoms with E-state index in [0.29, 0.717) is 12.2 Å². The van der Waals surface area contributed by atoms with Crippen LogP contribution < -0.4 is 10.2 Å². The number of carbonyl (C=O) groups is 1. The van der Waals surface area contributed by atoms with Crippen LogP contribution >= 0.6 is 0 Å². The summed E-state index contributed by atoms with van der Waals surface area (Å²) in [4.78, 5) is 11.4. The molecule has 2 N–H and O–H groups in total. The lowest BCUT2D eigenvalue weighted by molar-refractivity contribution is -0.124. The lowest BCUT2D eigenvalue weighted by atomic mass is 9.90. The van der Waals surface area contributed by atoms with Gasteiger partial charge in [0.05, 0.1) is 17.3 Å². The Morgan fingerprint density at radius 2 is 1.96 bits per heavy atom. The molecule has 0 spiro atoms. The number of ether oxygens (including phenoxy) is 1. The van der Waals surface area contributed by atoms with Crippen molar-refractivity contribution >= 4 is 21.8 Å². The fourth-order valence-electron chi connectivity index (χ4n) is 3.35. The number of carbonyl (C=O) groups excluding carboxylic acids is 1. The zero-order valence-electron chi connectivity index (χ0n) is 14.9. The van der Waals surface area contributed by atoms with Crippen LogP contribution in [0.15, 0.2) is 53.4 Å². The number of nitrogens with one attached hydrogen (secondary N) is 1. The van der Waals surface area contributed by atoms with Gasteiger partial charge >= 0.3 is 0 Å². The van der Waals surface area contributed by atoms with Gasteiger partial charge in [0.25, 0.3) is 5.91 Å². The zero-order chi connectivity index (χ0) is 19.4. The molecule has 3 rings (SSSR count). The van der Waals surface area contributed by atoms with Gasteiger partial charge in [0.1, 0.15) is 5.75 Å². The van der Waals surface area contributed by atoms with Crippen LogP contribution in [-0.2, 0) is 21.1 Å². The lowest BCUT2D eigenvalue weighted by Gasteiger charge is -2.26. The first kappa shape index (κ1) is 19.1. The van der Waals surface area contributed by atoms with E-state index in [4.69, 9.17) is 9.94 Å². The standard InChI is InChI=1S/C20H21NO5S/c1-26-16-7-9-17(10-8-16)27(24,25)19-4-2-3-15-13-14(5-11-18(15)19)6-12-20(22)21-23/h5-13,19,23H,2-4H2,1H3,(H,21,22)/b12-6+. The molecule has 27 heavy (non-hydrogen) atoms. The van der Waals surface area contributed by atoms with E-state index in [2.05, 4.69) is 0 Å². The van der Waals surface area contributed by atoms with E-state index in [9.17, 15) is 13.2 Å². The van der Waals surface area contributed by atoms with Crippen molar-refractivity contribution in [3.8, 4) is 5.75 Å². The Bertz CT molecular complexity index is 964. The first-order chi connectivity index (χ1) is 13.0. The van der Waals surface area contributed by atoms with E-state index >= 15 is 0 Å². The maximum atomic E-state index is 13.2. The van der Waals surface area contributed by atoms with Crippen molar-refractivity contribution in [3.63, 3.8) is 0 Å². The maximum absolute atomic E-state index is 13.2. The predicted molar refractivity (Wildman–Crippen MR) is 101 cm³/mol. The number of methoxy groups -OCH3 is 1. The fraction of sp³-hybridized carbons (Fsp3) is 0.250. The van der Waals surface area contributed by atoms with Crippen molar-refractivity contribution in [1.82, 2.24) is 5.48 Å². The molecule has 2 aromatic carbocycles. The van der Waals surface area contributed by atoms with Gasteiger partial charge in [-0.2, -0.15) is 0 Å². The minimum absolute atomic E-state index is 0.282. The van der Waals surface area contributed by atoms with Gasteiger partial charge in [-0.1, -0.05) is 18.2 Å². The Kier molecular flexibility index (Phi) is 5.62. The SMILES string of the molecule is COc1ccc(S(=O)(=O)C2CCCc3cc(/C=C/C(=O)NO)ccc32)cc1. The molecule has 0 aliphatic heterocycles. The van der Waals surface area contributed by atoms with E-state index in [1.54, 1.807) is 36.4 Å². The van der Waals surface area contributed by atoms with Crippen LogP contribution in [0.1, 0.15) is 34.8 Å². The summed E-state index contributed by atoms with van der Waals surface area (Å²) < 4.78 is 31.4. The smallest absolute Gasteiger partial charge is 0.267 e. The molecule has 0 saturated carbocycles. The van der Waals surface area contributed by atoms with Gasteiger partial charge in [-0.05, 0) is 66.3 Å². The van der Waals surface area contributed by atoms with E-state index in [-0.39, 0.29) is 4.90 Å². The number of rotatable bonds is 5. The molecule has 0 radical (unpaired) electrons. The molecule has 0 aromatic heterocycles. The molecule has 2 aromatic rings. The van der Waals surface area contributed by atoms with Crippen molar-refractivity contribution < 1.29 is 23.2 Å². The minimum atomic E-state index is -3.51. The van der Waals surface area contributed by atoms with Crippen LogP contribution in [0.3, 0.4) is 0 Å². The van der Waals surface area contributed by atoms with Gasteiger partial charge in [0.15, 0.2) is 9.84 Å². The summed E-state index contributed by atoms with van der Waals surface area (Å²) in [6, 6.07) is 11.9. The van der Waals surface area contributed by atoms with Gasteiger partial charge < -0.3 is 4.74 Å². The third-order valence-corrected chi connectivity index (χ3v) is 6.89. The van der Waals surface area contributed by atoms with Crippen molar-refractivity contribution in [3.05, 3.63) is 65.2 Å². The van der Waals surface area contributed by atoms with Crippen LogP contribution in [0, 0.1) is 0 Å². The molecule has 1 unspecified atom stereocenters. The highest BCUT2D eigenvalue weighted by molar-refractivity contribution is 7.91. The second-order valence-corrected chi connectivity index (χ2v) is 8.50. The van der Waals surface area contributed by atoms with Crippen molar-refractivity contribution in [2.45, 2.75) is 29.4 Å². The van der Waals surface area contributed by atoms with E-state index in [1.807, 2.05) is 12.1 Å². The van der Waals surface area contributed by atoms with Crippen molar-refractivity contribution in [2.24, 2.45) is 0 Å². The number of fused-ring (bicyclic) bond motifs is 1. The number of aryl methyl sites for hydroxylation is 1. The van der Waals surface area contributed by atoms with Crippen LogP contribution in [0.2, 0.25) is 0 Å². The largest absolute Gasteiger partial charge is 0.497 e. The topological polar surface area (TPSA) is 92.7 Å². The Hall–Kier alpha value is -2.64. The third-order valence-electron chi connectivity index (χ3n) is 4.73. The zero-order valence-corrected chi connectivity index (χ0v) is 15.7. The molecular formula is C20H21NO5S. The van der Waals surface area contributed by atoms with E-state index in [1.165, 1.54) is 18.7 Å². The maximum Gasteiger partial charge on any atom is 0.267 e. The Morgan fingerprint density at radius 1 is 1.22 bits per heavy atom. The molecule has 1 atom stereocenters. The number of hydrogen-bond donors (Lipinski definition) is 2. The lowest BCUT2D eigenvalue weighted by Crippen LogP contribution is -2.19.